The number of carboxylic acid groups (broad SMARTS) is 1. The lowest BCUT2D eigenvalue weighted by Crippen LogP contribution is -2.24. The Morgan fingerprint density at radius 1 is 1.03 bits per heavy atom. The molecule has 3 aromatic carbocycles. The van der Waals surface area contributed by atoms with Crippen molar-refractivity contribution in [1.29, 1.82) is 0 Å². The number of nitro benzene ring substituents is 1. The Kier molecular flexibility index (Phi) is 5.94. The molecule has 3 rings (SSSR count). The van der Waals surface area contributed by atoms with Gasteiger partial charge in [-0.15, -0.1) is 0 Å². The molecule has 0 aliphatic carbocycles. The minimum absolute atomic E-state index is 0.0947. The molecule has 0 saturated heterocycles. The number of rotatable bonds is 7. The van der Waals surface area contributed by atoms with Crippen LogP contribution in [-0.4, -0.2) is 23.2 Å². The first-order chi connectivity index (χ1) is 14.0. The monoisotopic (exact) mass is 394 g/mol. The molecular weight excluding hydrogens is 376 g/mol. The van der Waals surface area contributed by atoms with E-state index in [1.54, 1.807) is 24.3 Å². The van der Waals surface area contributed by atoms with Gasteiger partial charge < -0.3 is 14.6 Å². The highest BCUT2D eigenvalue weighted by molar-refractivity contribution is 5.89. The van der Waals surface area contributed by atoms with Gasteiger partial charge in [-0.2, -0.15) is 0 Å². The molecular formula is C21H18N2O6. The predicted molar refractivity (Wildman–Crippen MR) is 107 cm³/mol. The molecule has 0 saturated carbocycles. The van der Waals surface area contributed by atoms with E-state index in [0.29, 0.717) is 18.1 Å². The van der Waals surface area contributed by atoms with E-state index in [9.17, 15) is 20.0 Å². The van der Waals surface area contributed by atoms with Crippen molar-refractivity contribution < 1.29 is 24.3 Å². The van der Waals surface area contributed by atoms with Crippen molar-refractivity contribution in [3.05, 3.63) is 88.5 Å². The summed E-state index contributed by atoms with van der Waals surface area (Å²) in [5.74, 6) is 1.14. The van der Waals surface area contributed by atoms with Crippen LogP contribution in [0, 0.1) is 10.1 Å². The van der Waals surface area contributed by atoms with E-state index in [2.05, 4.69) is 0 Å². The van der Waals surface area contributed by atoms with Crippen LogP contribution in [0.25, 0.3) is 0 Å². The highest BCUT2D eigenvalue weighted by Gasteiger charge is 2.22. The number of nitrogens with zero attached hydrogens (tertiary/aromatic N) is 2. The number of hydrogen-bond donors (Lipinski definition) is 1. The van der Waals surface area contributed by atoms with Gasteiger partial charge in [0.2, 0.25) is 0 Å². The molecule has 0 aliphatic rings. The van der Waals surface area contributed by atoms with Crippen molar-refractivity contribution in [3.63, 3.8) is 0 Å². The van der Waals surface area contributed by atoms with Crippen molar-refractivity contribution in [2.75, 3.05) is 11.9 Å². The fourth-order valence-corrected chi connectivity index (χ4v) is 2.61. The number of nitro groups is 1. The van der Waals surface area contributed by atoms with Gasteiger partial charge in [-0.1, -0.05) is 42.5 Å². The highest BCUT2D eigenvalue weighted by Crippen LogP contribution is 2.36. The molecule has 8 heteroatoms. The van der Waals surface area contributed by atoms with E-state index >= 15 is 0 Å². The average molecular weight is 394 g/mol. The molecule has 1 amide bonds. The first-order valence-electron chi connectivity index (χ1n) is 8.64. The molecule has 29 heavy (non-hydrogen) atoms. The van der Waals surface area contributed by atoms with Crippen molar-refractivity contribution in [1.82, 2.24) is 0 Å². The second-order valence-corrected chi connectivity index (χ2v) is 6.07. The Labute approximate surface area is 166 Å². The van der Waals surface area contributed by atoms with Crippen LogP contribution in [0.5, 0.6) is 17.2 Å². The molecule has 0 aromatic heterocycles. The van der Waals surface area contributed by atoms with Crippen LogP contribution in [-0.2, 0) is 6.61 Å². The first-order valence-corrected chi connectivity index (χ1v) is 8.64. The van der Waals surface area contributed by atoms with Crippen molar-refractivity contribution in [2.24, 2.45) is 0 Å². The fourth-order valence-electron chi connectivity index (χ4n) is 2.61. The Morgan fingerprint density at radius 3 is 2.34 bits per heavy atom. The topological polar surface area (TPSA) is 102 Å². The van der Waals surface area contributed by atoms with Crippen LogP contribution >= 0.6 is 0 Å². The van der Waals surface area contributed by atoms with Gasteiger partial charge in [0.15, 0.2) is 11.5 Å². The second kappa shape index (κ2) is 8.75. The molecule has 0 aliphatic heterocycles. The summed E-state index contributed by atoms with van der Waals surface area (Å²) in [4.78, 5) is 22.6. The van der Waals surface area contributed by atoms with Gasteiger partial charge in [0.1, 0.15) is 18.0 Å². The third-order valence-electron chi connectivity index (χ3n) is 4.11. The Hall–Kier alpha value is -4.07. The molecule has 0 heterocycles. The molecule has 0 spiro atoms. The number of carbonyl (C=O) groups is 1. The normalized spacial score (nSPS) is 10.2. The lowest BCUT2D eigenvalue weighted by Gasteiger charge is -2.16. The van der Waals surface area contributed by atoms with Gasteiger partial charge in [0, 0.05) is 19.2 Å². The largest absolute Gasteiger partial charge is 0.485 e. The summed E-state index contributed by atoms with van der Waals surface area (Å²) >= 11 is 0. The molecule has 8 nitrogen and oxygen atoms in total. The van der Waals surface area contributed by atoms with Crippen molar-refractivity contribution in [3.8, 4) is 17.2 Å². The van der Waals surface area contributed by atoms with E-state index in [-0.39, 0.29) is 17.1 Å². The summed E-state index contributed by atoms with van der Waals surface area (Å²) in [7, 11) is 1.23. The van der Waals surface area contributed by atoms with Crippen molar-refractivity contribution in [2.45, 2.75) is 6.61 Å². The summed E-state index contributed by atoms with van der Waals surface area (Å²) in [5.41, 5.74) is 0.557. The third kappa shape index (κ3) is 4.81. The summed E-state index contributed by atoms with van der Waals surface area (Å²) in [5, 5.41) is 20.4. The van der Waals surface area contributed by atoms with Crippen LogP contribution in [0.1, 0.15) is 5.56 Å². The third-order valence-corrected chi connectivity index (χ3v) is 4.11. The number of anilines is 1. The smallest absolute Gasteiger partial charge is 0.411 e. The summed E-state index contributed by atoms with van der Waals surface area (Å²) in [6.07, 6.45) is -1.32. The predicted octanol–water partition coefficient (Wildman–Crippen LogP) is 5.08. The SMILES string of the molecule is CN(C(=O)O)c1cc(Oc2ccccc2OCc2ccccc2)ccc1[N+](=O)[O-]. The van der Waals surface area contributed by atoms with Crippen LogP contribution in [0.2, 0.25) is 0 Å². The molecule has 0 unspecified atom stereocenters. The van der Waals surface area contributed by atoms with E-state index in [1.165, 1.54) is 25.2 Å². The van der Waals surface area contributed by atoms with Gasteiger partial charge >= 0.3 is 6.09 Å². The van der Waals surface area contributed by atoms with Gasteiger partial charge in [0.05, 0.1) is 4.92 Å². The van der Waals surface area contributed by atoms with Gasteiger partial charge in [0.25, 0.3) is 5.69 Å². The summed E-state index contributed by atoms with van der Waals surface area (Å²) in [6, 6.07) is 20.5. The lowest BCUT2D eigenvalue weighted by atomic mass is 10.2. The summed E-state index contributed by atoms with van der Waals surface area (Å²) in [6.45, 7) is 0.342. The number of para-hydroxylation sites is 2. The number of amides is 1. The van der Waals surface area contributed by atoms with Gasteiger partial charge in [-0.05, 0) is 23.8 Å². The van der Waals surface area contributed by atoms with Crippen LogP contribution in [0.15, 0.2) is 72.8 Å². The maximum atomic E-state index is 11.3. The first kappa shape index (κ1) is 19.7. The second-order valence-electron chi connectivity index (χ2n) is 6.07. The van der Waals surface area contributed by atoms with Gasteiger partial charge in [-0.3, -0.25) is 15.0 Å². The molecule has 0 fully saturated rings. The zero-order chi connectivity index (χ0) is 20.8. The quantitative estimate of drug-likeness (QED) is 0.443. The fraction of sp³-hybridized carbons (Fsp3) is 0.0952. The number of hydrogen-bond acceptors (Lipinski definition) is 5. The van der Waals surface area contributed by atoms with Crippen LogP contribution < -0.4 is 14.4 Å². The van der Waals surface area contributed by atoms with E-state index in [0.717, 1.165) is 10.5 Å². The Balaban J connectivity index is 1.85. The molecule has 1 N–H and O–H groups in total. The lowest BCUT2D eigenvalue weighted by molar-refractivity contribution is -0.384. The van der Waals surface area contributed by atoms with Crippen LogP contribution in [0.3, 0.4) is 0 Å². The van der Waals surface area contributed by atoms with E-state index in [4.69, 9.17) is 9.47 Å². The molecule has 0 radical (unpaired) electrons. The summed E-state index contributed by atoms with van der Waals surface area (Å²) < 4.78 is 11.7. The maximum Gasteiger partial charge on any atom is 0.411 e. The highest BCUT2D eigenvalue weighted by atomic mass is 16.6. The van der Waals surface area contributed by atoms with E-state index in [1.807, 2.05) is 30.3 Å². The van der Waals surface area contributed by atoms with Crippen molar-refractivity contribution >= 4 is 17.5 Å². The number of ether oxygens (including phenoxy) is 2. The Morgan fingerprint density at radius 2 is 1.69 bits per heavy atom. The molecule has 0 atom stereocenters. The molecule has 148 valence electrons. The number of benzene rings is 3. The molecule has 0 bridgehead atoms. The molecule has 3 aromatic rings. The zero-order valence-electron chi connectivity index (χ0n) is 15.5. The van der Waals surface area contributed by atoms with E-state index < -0.39 is 11.0 Å². The minimum Gasteiger partial charge on any atom is -0.485 e. The minimum atomic E-state index is -1.32. The Bertz CT molecular complexity index is 1020. The average Bonchev–Trinajstić information content (AvgIpc) is 2.73. The maximum absolute atomic E-state index is 11.3. The van der Waals surface area contributed by atoms with Gasteiger partial charge in [-0.25, -0.2) is 4.79 Å². The standard InChI is InChI=1S/C21H18N2O6/c1-22(21(24)25)18-13-16(11-12-17(18)23(26)27)29-20-10-6-5-9-19(20)28-14-15-7-3-2-4-8-15/h2-13H,14H2,1H3,(H,24,25). The zero-order valence-corrected chi connectivity index (χ0v) is 15.5. The van der Waals surface area contributed by atoms with Crippen LogP contribution in [0.4, 0.5) is 16.2 Å².